The molecule has 0 aromatic carbocycles. The third kappa shape index (κ3) is 2.06. The van der Waals surface area contributed by atoms with Gasteiger partial charge in [0.25, 0.3) is 0 Å². The van der Waals surface area contributed by atoms with Crippen LogP contribution in [-0.4, -0.2) is 24.4 Å². The Morgan fingerprint density at radius 1 is 1.18 bits per heavy atom. The first-order chi connectivity index (χ1) is 10.5. The van der Waals surface area contributed by atoms with Crippen LogP contribution in [0.5, 0.6) is 0 Å². The summed E-state index contributed by atoms with van der Waals surface area (Å²) in [5.74, 6) is 2.40. The van der Waals surface area contributed by atoms with E-state index in [1.807, 2.05) is 7.11 Å². The summed E-state index contributed by atoms with van der Waals surface area (Å²) in [6.45, 7) is 4.99. The highest BCUT2D eigenvalue weighted by atomic mass is 16.5. The minimum atomic E-state index is -0.0452. The molecule has 0 spiro atoms. The topological polar surface area (TPSA) is 29.5 Å². The summed E-state index contributed by atoms with van der Waals surface area (Å²) < 4.78 is 5.65. The van der Waals surface area contributed by atoms with Crippen molar-refractivity contribution in [1.82, 2.24) is 0 Å². The molecule has 124 valence electrons. The van der Waals surface area contributed by atoms with E-state index in [4.69, 9.17) is 4.74 Å². The minimum absolute atomic E-state index is 0.0452. The molecule has 1 N–H and O–H groups in total. The predicted octanol–water partition coefficient (Wildman–Crippen LogP) is 4.33. The van der Waals surface area contributed by atoms with Crippen molar-refractivity contribution in [3.63, 3.8) is 0 Å². The zero-order valence-electron chi connectivity index (χ0n) is 14.5. The van der Waals surface area contributed by atoms with Gasteiger partial charge in [0.1, 0.15) is 0 Å². The molecule has 4 rings (SSSR count). The van der Waals surface area contributed by atoms with E-state index in [-0.39, 0.29) is 6.10 Å². The Hall–Kier alpha value is -0.340. The maximum Gasteiger partial charge on any atom is 0.0608 e. The normalized spacial score (nSPS) is 54.2. The largest absolute Gasteiger partial charge is 0.393 e. The standard InChI is InChI=1S/C20H32O2/c1-19-8-7-17-16(18(19)11-14(21)12-19)5-4-13-10-15(22-3)6-9-20(13,17)2/h4,14-18,21H,5-12H2,1-3H3/t14-,15-,16-,17+,18-,19-,20+/m0/s1. The molecular weight excluding hydrogens is 272 g/mol. The molecule has 0 aromatic rings. The molecule has 0 bridgehead atoms. The van der Waals surface area contributed by atoms with Gasteiger partial charge in [-0.1, -0.05) is 25.5 Å². The zero-order valence-corrected chi connectivity index (χ0v) is 14.5. The quantitative estimate of drug-likeness (QED) is 0.731. The van der Waals surface area contributed by atoms with Gasteiger partial charge < -0.3 is 9.84 Å². The second-order valence-corrected chi connectivity index (χ2v) is 9.15. The molecule has 0 heterocycles. The lowest BCUT2D eigenvalue weighted by Crippen LogP contribution is -2.49. The van der Waals surface area contributed by atoms with E-state index in [1.165, 1.54) is 32.1 Å². The van der Waals surface area contributed by atoms with E-state index < -0.39 is 0 Å². The van der Waals surface area contributed by atoms with Gasteiger partial charge in [0, 0.05) is 7.11 Å². The van der Waals surface area contributed by atoms with Crippen LogP contribution in [0.15, 0.2) is 11.6 Å². The number of ether oxygens (including phenoxy) is 1. The van der Waals surface area contributed by atoms with Gasteiger partial charge in [0.05, 0.1) is 12.2 Å². The zero-order chi connectivity index (χ0) is 15.5. The minimum Gasteiger partial charge on any atom is -0.393 e. The van der Waals surface area contributed by atoms with Gasteiger partial charge in [-0.05, 0) is 80.0 Å². The summed E-state index contributed by atoms with van der Waals surface area (Å²) in [5.41, 5.74) is 2.51. The molecule has 3 saturated carbocycles. The van der Waals surface area contributed by atoms with E-state index in [1.54, 1.807) is 5.57 Å². The fraction of sp³-hybridized carbons (Fsp3) is 0.900. The van der Waals surface area contributed by atoms with Crippen LogP contribution in [0.3, 0.4) is 0 Å². The van der Waals surface area contributed by atoms with Crippen LogP contribution in [0.25, 0.3) is 0 Å². The Bertz CT molecular complexity index is 484. The summed E-state index contributed by atoms with van der Waals surface area (Å²) in [7, 11) is 1.87. The third-order valence-corrected chi connectivity index (χ3v) is 8.14. The van der Waals surface area contributed by atoms with E-state index in [0.717, 1.165) is 37.0 Å². The van der Waals surface area contributed by atoms with Crippen molar-refractivity contribution in [2.24, 2.45) is 28.6 Å². The van der Waals surface area contributed by atoms with Gasteiger partial charge in [-0.15, -0.1) is 0 Å². The second-order valence-electron chi connectivity index (χ2n) is 9.15. The molecule has 22 heavy (non-hydrogen) atoms. The number of methoxy groups -OCH3 is 1. The van der Waals surface area contributed by atoms with E-state index >= 15 is 0 Å². The van der Waals surface area contributed by atoms with E-state index in [2.05, 4.69) is 19.9 Å². The average molecular weight is 304 g/mol. The Balaban J connectivity index is 1.64. The highest BCUT2D eigenvalue weighted by molar-refractivity contribution is 5.25. The third-order valence-electron chi connectivity index (χ3n) is 8.14. The lowest BCUT2D eigenvalue weighted by atomic mass is 9.48. The summed E-state index contributed by atoms with van der Waals surface area (Å²) >= 11 is 0. The van der Waals surface area contributed by atoms with Crippen LogP contribution in [0.4, 0.5) is 0 Å². The van der Waals surface area contributed by atoms with Gasteiger partial charge in [-0.2, -0.15) is 0 Å². The number of aliphatic hydroxyl groups is 1. The van der Waals surface area contributed by atoms with Gasteiger partial charge in [-0.25, -0.2) is 0 Å². The smallest absolute Gasteiger partial charge is 0.0608 e. The molecule has 2 nitrogen and oxygen atoms in total. The van der Waals surface area contributed by atoms with Crippen molar-refractivity contribution < 1.29 is 9.84 Å². The molecule has 7 atom stereocenters. The summed E-state index contributed by atoms with van der Waals surface area (Å²) in [5, 5.41) is 10.2. The summed E-state index contributed by atoms with van der Waals surface area (Å²) in [4.78, 5) is 0. The molecule has 4 aliphatic rings. The van der Waals surface area contributed by atoms with Gasteiger partial charge in [-0.3, -0.25) is 0 Å². The van der Waals surface area contributed by atoms with Crippen molar-refractivity contribution >= 4 is 0 Å². The number of hydrogen-bond donors (Lipinski definition) is 1. The first-order valence-electron chi connectivity index (χ1n) is 9.37. The fourth-order valence-corrected chi connectivity index (χ4v) is 6.85. The SMILES string of the molecule is CO[C@H]1CC[C@]2(C)C(=CC[C@H]3[C@H]2CC[C@@]2(C)C[C@@H](O)C[C@@H]32)C1. The van der Waals surface area contributed by atoms with Crippen molar-refractivity contribution in [2.45, 2.75) is 77.4 Å². The van der Waals surface area contributed by atoms with Crippen molar-refractivity contribution in [2.75, 3.05) is 7.11 Å². The summed E-state index contributed by atoms with van der Waals surface area (Å²) in [6.07, 6.45) is 12.7. The van der Waals surface area contributed by atoms with Crippen LogP contribution in [0.1, 0.15) is 65.2 Å². The average Bonchev–Trinajstić information content (AvgIpc) is 2.80. The van der Waals surface area contributed by atoms with Crippen LogP contribution >= 0.6 is 0 Å². The molecule has 2 heteroatoms. The van der Waals surface area contributed by atoms with Gasteiger partial charge >= 0.3 is 0 Å². The Labute approximate surface area is 135 Å². The molecule has 0 radical (unpaired) electrons. The molecule has 0 unspecified atom stereocenters. The van der Waals surface area contributed by atoms with Crippen molar-refractivity contribution in [3.05, 3.63) is 11.6 Å². The van der Waals surface area contributed by atoms with Crippen LogP contribution in [0.2, 0.25) is 0 Å². The Morgan fingerprint density at radius 3 is 2.77 bits per heavy atom. The molecule has 0 saturated heterocycles. The fourth-order valence-electron chi connectivity index (χ4n) is 6.85. The highest BCUT2D eigenvalue weighted by Gasteiger charge is 2.57. The molecule has 3 fully saturated rings. The maximum atomic E-state index is 10.2. The Kier molecular flexibility index (Phi) is 3.51. The second kappa shape index (κ2) is 5.08. The number of allylic oxidation sites excluding steroid dienone is 1. The number of hydrogen-bond acceptors (Lipinski definition) is 2. The maximum absolute atomic E-state index is 10.2. The molecule has 0 aliphatic heterocycles. The van der Waals surface area contributed by atoms with Crippen molar-refractivity contribution in [1.29, 1.82) is 0 Å². The number of rotatable bonds is 1. The van der Waals surface area contributed by atoms with Gasteiger partial charge in [0.15, 0.2) is 0 Å². The first-order valence-corrected chi connectivity index (χ1v) is 9.37. The monoisotopic (exact) mass is 304 g/mol. The van der Waals surface area contributed by atoms with Crippen LogP contribution in [-0.2, 0) is 4.74 Å². The predicted molar refractivity (Wildman–Crippen MR) is 88.5 cm³/mol. The summed E-state index contributed by atoms with van der Waals surface area (Å²) in [6, 6.07) is 0. The van der Waals surface area contributed by atoms with Gasteiger partial charge in [0.2, 0.25) is 0 Å². The molecule has 0 aromatic heterocycles. The first kappa shape index (κ1) is 15.2. The molecule has 0 amide bonds. The lowest BCUT2D eigenvalue weighted by molar-refractivity contribution is -0.0409. The number of aliphatic hydroxyl groups excluding tert-OH is 1. The number of fused-ring (bicyclic) bond motifs is 5. The highest BCUT2D eigenvalue weighted by Crippen LogP contribution is 2.64. The molecular formula is C20H32O2. The van der Waals surface area contributed by atoms with E-state index in [0.29, 0.717) is 16.9 Å². The van der Waals surface area contributed by atoms with E-state index in [9.17, 15) is 5.11 Å². The van der Waals surface area contributed by atoms with Crippen molar-refractivity contribution in [3.8, 4) is 0 Å². The van der Waals surface area contributed by atoms with Crippen LogP contribution < -0.4 is 0 Å². The molecule has 4 aliphatic carbocycles. The van der Waals surface area contributed by atoms with Crippen LogP contribution in [0, 0.1) is 28.6 Å². The Morgan fingerprint density at radius 2 is 2.00 bits per heavy atom. The lowest BCUT2D eigenvalue weighted by Gasteiger charge is -2.57.